The van der Waals surface area contributed by atoms with Gasteiger partial charge in [-0.2, -0.15) is 0 Å². The molecule has 1 fully saturated rings. The highest BCUT2D eigenvalue weighted by Gasteiger charge is 2.26. The molecular weight excluding hydrogens is 378 g/mol. The van der Waals surface area contributed by atoms with Crippen LogP contribution in [0.25, 0.3) is 11.2 Å². The Balaban J connectivity index is 1.42. The van der Waals surface area contributed by atoms with Crippen LogP contribution in [0.15, 0.2) is 30.5 Å². The minimum atomic E-state index is -0.0235. The maximum Gasteiger partial charge on any atom is 0.227 e. The highest BCUT2D eigenvalue weighted by atomic mass is 16.5. The number of pyridine rings is 1. The highest BCUT2D eigenvalue weighted by Crippen LogP contribution is 2.29. The lowest BCUT2D eigenvalue weighted by Gasteiger charge is -2.32. The molecule has 0 aliphatic carbocycles. The van der Waals surface area contributed by atoms with E-state index in [9.17, 15) is 4.79 Å². The molecule has 0 unspecified atom stereocenters. The number of aromatic nitrogens is 3. The van der Waals surface area contributed by atoms with Crippen LogP contribution in [-0.4, -0.2) is 41.1 Å². The molecule has 3 heterocycles. The number of ether oxygens (including phenoxy) is 1. The van der Waals surface area contributed by atoms with Crippen molar-refractivity contribution in [3.63, 3.8) is 0 Å². The zero-order valence-corrected chi connectivity index (χ0v) is 17.9. The predicted octanol–water partition coefficient (Wildman–Crippen LogP) is 3.81. The van der Waals surface area contributed by atoms with Gasteiger partial charge in [-0.05, 0) is 57.4 Å². The van der Waals surface area contributed by atoms with Crippen molar-refractivity contribution in [1.82, 2.24) is 15.0 Å². The van der Waals surface area contributed by atoms with Crippen molar-refractivity contribution in [3.05, 3.63) is 47.4 Å². The largest absolute Gasteiger partial charge is 0.495 e. The summed E-state index contributed by atoms with van der Waals surface area (Å²) in [7, 11) is 1.61. The minimum Gasteiger partial charge on any atom is -0.495 e. The van der Waals surface area contributed by atoms with Gasteiger partial charge in [0.1, 0.15) is 11.3 Å². The molecule has 1 aliphatic heterocycles. The van der Waals surface area contributed by atoms with Gasteiger partial charge in [-0.25, -0.2) is 15.0 Å². The number of aryl methyl sites for hydroxylation is 3. The first-order valence-electron chi connectivity index (χ1n) is 10.3. The van der Waals surface area contributed by atoms with Gasteiger partial charge in [0.15, 0.2) is 5.65 Å². The molecule has 1 aromatic carbocycles. The molecule has 4 rings (SSSR count). The number of fused-ring (bicyclic) bond motifs is 1. The number of hydrogen-bond acceptors (Lipinski definition) is 6. The fourth-order valence-corrected chi connectivity index (χ4v) is 3.83. The Bertz CT molecular complexity index is 1090. The Morgan fingerprint density at radius 3 is 2.57 bits per heavy atom. The standard InChI is InChI=1S/C23H27N5O2/c1-14-5-6-21(30-4)19(11-14)27-23(29)17-7-9-28(10-8-17)18-12-20-22(24-13-18)26-16(3)15(2)25-20/h5-6,11-13,17H,7-10H2,1-4H3,(H,27,29). The summed E-state index contributed by atoms with van der Waals surface area (Å²) in [4.78, 5) is 28.7. The summed E-state index contributed by atoms with van der Waals surface area (Å²) in [6.45, 7) is 7.50. The number of piperidine rings is 1. The molecule has 156 valence electrons. The highest BCUT2D eigenvalue weighted by molar-refractivity contribution is 5.94. The molecule has 0 radical (unpaired) electrons. The van der Waals surface area contributed by atoms with E-state index in [1.54, 1.807) is 7.11 Å². The number of carbonyl (C=O) groups excluding carboxylic acids is 1. The Hall–Kier alpha value is -3.22. The van der Waals surface area contributed by atoms with Gasteiger partial charge in [0.25, 0.3) is 0 Å². The zero-order valence-electron chi connectivity index (χ0n) is 17.9. The molecule has 2 aromatic heterocycles. The van der Waals surface area contributed by atoms with Crippen molar-refractivity contribution in [3.8, 4) is 5.75 Å². The maximum absolute atomic E-state index is 12.8. The van der Waals surface area contributed by atoms with Crippen LogP contribution in [-0.2, 0) is 4.79 Å². The summed E-state index contributed by atoms with van der Waals surface area (Å²) in [6.07, 6.45) is 3.43. The van der Waals surface area contributed by atoms with E-state index >= 15 is 0 Å². The van der Waals surface area contributed by atoms with Gasteiger partial charge in [0, 0.05) is 19.0 Å². The number of anilines is 2. The van der Waals surface area contributed by atoms with Gasteiger partial charge in [-0.3, -0.25) is 4.79 Å². The van der Waals surface area contributed by atoms with E-state index in [0.29, 0.717) is 11.4 Å². The molecule has 30 heavy (non-hydrogen) atoms. The number of carbonyl (C=O) groups is 1. The van der Waals surface area contributed by atoms with Gasteiger partial charge in [-0.15, -0.1) is 0 Å². The third-order valence-electron chi connectivity index (χ3n) is 5.76. The normalized spacial score (nSPS) is 14.7. The summed E-state index contributed by atoms with van der Waals surface area (Å²) in [6, 6.07) is 7.83. The quantitative estimate of drug-likeness (QED) is 0.711. The lowest BCUT2D eigenvalue weighted by Crippen LogP contribution is -2.38. The van der Waals surface area contributed by atoms with Gasteiger partial charge in [0.2, 0.25) is 5.91 Å². The molecule has 1 saturated heterocycles. The van der Waals surface area contributed by atoms with Crippen LogP contribution in [0.2, 0.25) is 0 Å². The Labute approximate surface area is 176 Å². The third-order valence-corrected chi connectivity index (χ3v) is 5.76. The second-order valence-corrected chi connectivity index (χ2v) is 7.88. The molecule has 0 atom stereocenters. The van der Waals surface area contributed by atoms with Crippen molar-refractivity contribution >= 4 is 28.4 Å². The first-order valence-corrected chi connectivity index (χ1v) is 10.3. The van der Waals surface area contributed by atoms with Crippen LogP contribution >= 0.6 is 0 Å². The van der Waals surface area contributed by atoms with E-state index in [2.05, 4.69) is 25.2 Å². The molecule has 1 amide bonds. The Kier molecular flexibility index (Phi) is 5.53. The number of amides is 1. The van der Waals surface area contributed by atoms with Gasteiger partial charge in [0.05, 0.1) is 36.1 Å². The monoisotopic (exact) mass is 405 g/mol. The molecule has 7 heteroatoms. The number of benzene rings is 1. The Morgan fingerprint density at radius 1 is 1.10 bits per heavy atom. The molecular formula is C23H27N5O2. The van der Waals surface area contributed by atoms with E-state index in [1.165, 1.54) is 0 Å². The number of nitrogens with one attached hydrogen (secondary N) is 1. The topological polar surface area (TPSA) is 80.2 Å². The Morgan fingerprint density at radius 2 is 1.83 bits per heavy atom. The fraction of sp³-hybridized carbons (Fsp3) is 0.391. The number of rotatable bonds is 4. The minimum absolute atomic E-state index is 0.0235. The molecule has 7 nitrogen and oxygen atoms in total. The van der Waals surface area contributed by atoms with Crippen molar-refractivity contribution in [1.29, 1.82) is 0 Å². The average molecular weight is 406 g/mol. The summed E-state index contributed by atoms with van der Waals surface area (Å²) < 4.78 is 5.37. The van der Waals surface area contributed by atoms with Crippen LogP contribution in [0.4, 0.5) is 11.4 Å². The summed E-state index contributed by atoms with van der Waals surface area (Å²) in [5.41, 5.74) is 6.14. The molecule has 0 bridgehead atoms. The first-order chi connectivity index (χ1) is 14.4. The fourth-order valence-electron chi connectivity index (χ4n) is 3.83. The van der Waals surface area contributed by atoms with E-state index in [4.69, 9.17) is 4.74 Å². The second kappa shape index (κ2) is 8.26. The SMILES string of the molecule is COc1ccc(C)cc1NC(=O)C1CCN(c2cnc3nc(C)c(C)nc3c2)CC1. The van der Waals surface area contributed by atoms with Crippen molar-refractivity contribution < 1.29 is 9.53 Å². The first kappa shape index (κ1) is 20.1. The number of hydrogen-bond donors (Lipinski definition) is 1. The van der Waals surface area contributed by atoms with E-state index in [1.807, 2.05) is 51.2 Å². The number of nitrogens with zero attached hydrogens (tertiary/aromatic N) is 4. The molecule has 0 spiro atoms. The van der Waals surface area contributed by atoms with Crippen LogP contribution in [0.1, 0.15) is 29.8 Å². The van der Waals surface area contributed by atoms with E-state index < -0.39 is 0 Å². The van der Waals surface area contributed by atoms with Gasteiger partial charge < -0.3 is 15.0 Å². The van der Waals surface area contributed by atoms with Crippen molar-refractivity contribution in [2.75, 3.05) is 30.4 Å². The number of methoxy groups -OCH3 is 1. The second-order valence-electron chi connectivity index (χ2n) is 7.88. The molecule has 3 aromatic rings. The summed E-state index contributed by atoms with van der Waals surface area (Å²) >= 11 is 0. The lowest BCUT2D eigenvalue weighted by molar-refractivity contribution is -0.120. The van der Waals surface area contributed by atoms with Crippen molar-refractivity contribution in [2.45, 2.75) is 33.6 Å². The summed E-state index contributed by atoms with van der Waals surface area (Å²) in [5.74, 6) is 0.706. The predicted molar refractivity (Wildman–Crippen MR) is 118 cm³/mol. The molecule has 0 saturated carbocycles. The van der Waals surface area contributed by atoms with E-state index in [-0.39, 0.29) is 11.8 Å². The van der Waals surface area contributed by atoms with Crippen LogP contribution in [0.5, 0.6) is 5.75 Å². The van der Waals surface area contributed by atoms with Crippen LogP contribution in [0.3, 0.4) is 0 Å². The lowest BCUT2D eigenvalue weighted by atomic mass is 9.95. The van der Waals surface area contributed by atoms with Gasteiger partial charge >= 0.3 is 0 Å². The smallest absolute Gasteiger partial charge is 0.227 e. The van der Waals surface area contributed by atoms with Gasteiger partial charge in [-0.1, -0.05) is 6.07 Å². The molecule has 1 aliphatic rings. The van der Waals surface area contributed by atoms with Crippen molar-refractivity contribution in [2.24, 2.45) is 5.92 Å². The average Bonchev–Trinajstić information content (AvgIpc) is 2.74. The third kappa shape index (κ3) is 4.06. The van der Waals surface area contributed by atoms with Crippen LogP contribution < -0.4 is 15.0 Å². The van der Waals surface area contributed by atoms with E-state index in [0.717, 1.165) is 59.8 Å². The van der Waals surface area contributed by atoms with Crippen LogP contribution in [0, 0.1) is 26.7 Å². The summed E-state index contributed by atoms with van der Waals surface area (Å²) in [5, 5.41) is 3.05. The zero-order chi connectivity index (χ0) is 21.3. The maximum atomic E-state index is 12.8. The molecule has 1 N–H and O–H groups in total.